The van der Waals surface area contributed by atoms with Crippen molar-refractivity contribution >= 4 is 5.69 Å². The molecular formula is C13H21FN2. The fraction of sp³-hybridized carbons (Fsp3) is 0.538. The van der Waals surface area contributed by atoms with E-state index in [9.17, 15) is 4.39 Å². The zero-order valence-electron chi connectivity index (χ0n) is 10.3. The maximum Gasteiger partial charge on any atom is 0.125 e. The summed E-state index contributed by atoms with van der Waals surface area (Å²) in [6.45, 7) is 4.67. The van der Waals surface area contributed by atoms with Crippen LogP contribution in [0.3, 0.4) is 0 Å². The predicted octanol–water partition coefficient (Wildman–Crippen LogP) is 2.91. The van der Waals surface area contributed by atoms with E-state index < -0.39 is 0 Å². The van der Waals surface area contributed by atoms with E-state index in [0.717, 1.165) is 24.1 Å². The van der Waals surface area contributed by atoms with Crippen LogP contribution < -0.4 is 10.6 Å². The highest BCUT2D eigenvalue weighted by Crippen LogP contribution is 2.21. The van der Waals surface area contributed by atoms with Crippen molar-refractivity contribution in [2.24, 2.45) is 5.73 Å². The van der Waals surface area contributed by atoms with Crippen LogP contribution in [0, 0.1) is 5.82 Å². The van der Waals surface area contributed by atoms with Crippen molar-refractivity contribution in [3.05, 3.63) is 29.6 Å². The normalized spacial score (nSPS) is 10.9. The van der Waals surface area contributed by atoms with Crippen molar-refractivity contribution in [3.8, 4) is 0 Å². The van der Waals surface area contributed by atoms with Gasteiger partial charge in [0.05, 0.1) is 0 Å². The molecule has 2 N–H and O–H groups in total. The first-order valence-electron chi connectivity index (χ1n) is 5.84. The SMILES string of the molecule is CCC(CC)N(C)c1cc(F)cc(CN)c1. The molecule has 0 heterocycles. The minimum atomic E-state index is -0.212. The second-order valence-corrected chi connectivity index (χ2v) is 4.10. The summed E-state index contributed by atoms with van der Waals surface area (Å²) in [5, 5.41) is 0. The van der Waals surface area contributed by atoms with Crippen LogP contribution in [0.15, 0.2) is 18.2 Å². The lowest BCUT2D eigenvalue weighted by molar-refractivity contribution is 0.585. The minimum Gasteiger partial charge on any atom is -0.372 e. The van der Waals surface area contributed by atoms with Crippen molar-refractivity contribution in [2.75, 3.05) is 11.9 Å². The Morgan fingerprint density at radius 2 is 1.88 bits per heavy atom. The molecular weight excluding hydrogens is 203 g/mol. The van der Waals surface area contributed by atoms with Gasteiger partial charge in [-0.05, 0) is 36.6 Å². The number of nitrogens with two attached hydrogens (primary N) is 1. The number of hydrogen-bond acceptors (Lipinski definition) is 2. The van der Waals surface area contributed by atoms with Crippen LogP contribution in [-0.4, -0.2) is 13.1 Å². The second-order valence-electron chi connectivity index (χ2n) is 4.10. The largest absolute Gasteiger partial charge is 0.372 e. The molecule has 0 atom stereocenters. The van der Waals surface area contributed by atoms with Gasteiger partial charge >= 0.3 is 0 Å². The van der Waals surface area contributed by atoms with Crippen LogP contribution in [-0.2, 0) is 6.54 Å². The van der Waals surface area contributed by atoms with E-state index in [2.05, 4.69) is 18.7 Å². The monoisotopic (exact) mass is 224 g/mol. The zero-order valence-corrected chi connectivity index (χ0v) is 10.3. The molecule has 0 aliphatic rings. The van der Waals surface area contributed by atoms with Crippen LogP contribution in [0.25, 0.3) is 0 Å². The third kappa shape index (κ3) is 2.95. The molecule has 0 radical (unpaired) electrons. The average Bonchev–Trinajstić information content (AvgIpc) is 2.29. The lowest BCUT2D eigenvalue weighted by atomic mass is 10.1. The molecule has 1 aromatic rings. The van der Waals surface area contributed by atoms with Crippen molar-refractivity contribution < 1.29 is 4.39 Å². The molecule has 1 rings (SSSR count). The number of benzene rings is 1. The Kier molecular flexibility index (Phi) is 4.74. The molecule has 0 fully saturated rings. The standard InChI is InChI=1S/C13H21FN2/c1-4-12(5-2)16(3)13-7-10(9-15)6-11(14)8-13/h6-8,12H,4-5,9,15H2,1-3H3. The van der Waals surface area contributed by atoms with Gasteiger partial charge in [-0.3, -0.25) is 0 Å². The average molecular weight is 224 g/mol. The summed E-state index contributed by atoms with van der Waals surface area (Å²) in [5.74, 6) is -0.212. The molecule has 90 valence electrons. The Balaban J connectivity index is 2.97. The number of nitrogens with zero attached hydrogens (tertiary/aromatic N) is 1. The summed E-state index contributed by atoms with van der Waals surface area (Å²) < 4.78 is 13.4. The van der Waals surface area contributed by atoms with Crippen molar-refractivity contribution in [1.82, 2.24) is 0 Å². The van der Waals surface area contributed by atoms with E-state index >= 15 is 0 Å². The molecule has 1 aromatic carbocycles. The zero-order chi connectivity index (χ0) is 12.1. The van der Waals surface area contributed by atoms with Crippen LogP contribution in [0.4, 0.5) is 10.1 Å². The first-order chi connectivity index (χ1) is 7.62. The Hall–Kier alpha value is -1.09. The van der Waals surface area contributed by atoms with Crippen molar-refractivity contribution in [1.29, 1.82) is 0 Å². The summed E-state index contributed by atoms with van der Waals surface area (Å²) in [6, 6.07) is 5.47. The van der Waals surface area contributed by atoms with Gasteiger partial charge < -0.3 is 10.6 Å². The highest BCUT2D eigenvalue weighted by Gasteiger charge is 2.12. The fourth-order valence-electron chi connectivity index (χ4n) is 2.00. The molecule has 0 bridgehead atoms. The van der Waals surface area contributed by atoms with E-state index in [4.69, 9.17) is 5.73 Å². The number of hydrogen-bond donors (Lipinski definition) is 1. The highest BCUT2D eigenvalue weighted by atomic mass is 19.1. The van der Waals surface area contributed by atoms with E-state index in [0.29, 0.717) is 12.6 Å². The Morgan fingerprint density at radius 1 is 1.25 bits per heavy atom. The summed E-state index contributed by atoms with van der Waals surface area (Å²) >= 11 is 0. The molecule has 3 heteroatoms. The predicted molar refractivity (Wildman–Crippen MR) is 67.1 cm³/mol. The number of halogens is 1. The Labute approximate surface area is 97.3 Å². The van der Waals surface area contributed by atoms with Gasteiger partial charge in [-0.1, -0.05) is 13.8 Å². The van der Waals surface area contributed by atoms with Crippen LogP contribution in [0.5, 0.6) is 0 Å². The van der Waals surface area contributed by atoms with Gasteiger partial charge in [0.2, 0.25) is 0 Å². The van der Waals surface area contributed by atoms with Gasteiger partial charge in [0.1, 0.15) is 5.82 Å². The summed E-state index contributed by atoms with van der Waals surface area (Å²) in [7, 11) is 2.01. The maximum absolute atomic E-state index is 13.4. The molecule has 0 aliphatic carbocycles. The molecule has 0 unspecified atom stereocenters. The topological polar surface area (TPSA) is 29.3 Å². The smallest absolute Gasteiger partial charge is 0.125 e. The van der Waals surface area contributed by atoms with Gasteiger partial charge in [-0.15, -0.1) is 0 Å². The summed E-state index contributed by atoms with van der Waals surface area (Å²) in [5.41, 5.74) is 7.30. The third-order valence-electron chi connectivity index (χ3n) is 3.08. The highest BCUT2D eigenvalue weighted by molar-refractivity contribution is 5.49. The van der Waals surface area contributed by atoms with E-state index in [1.807, 2.05) is 13.1 Å². The molecule has 0 amide bonds. The van der Waals surface area contributed by atoms with E-state index in [-0.39, 0.29) is 5.82 Å². The van der Waals surface area contributed by atoms with Crippen LogP contribution in [0.2, 0.25) is 0 Å². The molecule has 2 nitrogen and oxygen atoms in total. The molecule has 0 aliphatic heterocycles. The van der Waals surface area contributed by atoms with Crippen LogP contribution >= 0.6 is 0 Å². The fourth-order valence-corrected chi connectivity index (χ4v) is 2.00. The second kappa shape index (κ2) is 5.85. The van der Waals surface area contributed by atoms with Gasteiger partial charge in [0.15, 0.2) is 0 Å². The minimum absolute atomic E-state index is 0.212. The van der Waals surface area contributed by atoms with Gasteiger partial charge in [0.25, 0.3) is 0 Å². The Morgan fingerprint density at radius 3 is 2.38 bits per heavy atom. The van der Waals surface area contributed by atoms with Crippen molar-refractivity contribution in [3.63, 3.8) is 0 Å². The maximum atomic E-state index is 13.4. The molecule has 0 saturated heterocycles. The van der Waals surface area contributed by atoms with Gasteiger partial charge in [0, 0.05) is 25.3 Å². The van der Waals surface area contributed by atoms with E-state index in [1.165, 1.54) is 6.07 Å². The lowest BCUT2D eigenvalue weighted by Crippen LogP contribution is -2.30. The summed E-state index contributed by atoms with van der Waals surface area (Å²) in [6.07, 6.45) is 2.11. The first-order valence-corrected chi connectivity index (χ1v) is 5.84. The first kappa shape index (κ1) is 13.0. The molecule has 0 aromatic heterocycles. The molecule has 16 heavy (non-hydrogen) atoms. The van der Waals surface area contributed by atoms with Gasteiger partial charge in [-0.2, -0.15) is 0 Å². The van der Waals surface area contributed by atoms with Crippen molar-refractivity contribution in [2.45, 2.75) is 39.3 Å². The van der Waals surface area contributed by atoms with E-state index in [1.54, 1.807) is 6.07 Å². The quantitative estimate of drug-likeness (QED) is 0.833. The number of rotatable bonds is 5. The molecule has 0 spiro atoms. The molecule has 0 saturated carbocycles. The number of anilines is 1. The lowest BCUT2D eigenvalue weighted by Gasteiger charge is -2.28. The van der Waals surface area contributed by atoms with Crippen LogP contribution in [0.1, 0.15) is 32.3 Å². The third-order valence-corrected chi connectivity index (χ3v) is 3.08. The van der Waals surface area contributed by atoms with Gasteiger partial charge in [-0.25, -0.2) is 4.39 Å². The summed E-state index contributed by atoms with van der Waals surface area (Å²) in [4.78, 5) is 2.13. The Bertz CT molecular complexity index is 335.